The third kappa shape index (κ3) is 4.63. The van der Waals surface area contributed by atoms with Gasteiger partial charge in [0.2, 0.25) is 0 Å². The summed E-state index contributed by atoms with van der Waals surface area (Å²) in [4.78, 5) is 31.1. The fourth-order valence-corrected chi connectivity index (χ4v) is 3.64. The van der Waals surface area contributed by atoms with Crippen LogP contribution in [0.2, 0.25) is 0 Å². The molecule has 0 unspecified atom stereocenters. The molecule has 1 aliphatic rings. The van der Waals surface area contributed by atoms with Crippen LogP contribution in [-0.2, 0) is 4.79 Å². The van der Waals surface area contributed by atoms with E-state index >= 15 is 0 Å². The first-order chi connectivity index (χ1) is 15.6. The van der Waals surface area contributed by atoms with E-state index in [2.05, 4.69) is 34.4 Å². The number of aromatic nitrogens is 1. The number of furan rings is 1. The maximum Gasteiger partial charge on any atom is 0.269 e. The van der Waals surface area contributed by atoms with Gasteiger partial charge in [0.1, 0.15) is 17.2 Å². The average Bonchev–Trinajstić information content (AvgIpc) is 3.41. The number of nitrogens with zero attached hydrogens (tertiary/aromatic N) is 2. The Morgan fingerprint density at radius 1 is 1.12 bits per heavy atom. The topological polar surface area (TPSA) is 87.5 Å². The highest BCUT2D eigenvalue weighted by atomic mass is 16.3. The van der Waals surface area contributed by atoms with E-state index in [9.17, 15) is 9.59 Å². The summed E-state index contributed by atoms with van der Waals surface area (Å²) in [5.74, 6) is 0.839. The predicted molar refractivity (Wildman–Crippen MR) is 125 cm³/mol. The number of amides is 2. The van der Waals surface area contributed by atoms with Crippen molar-refractivity contribution in [3.63, 3.8) is 0 Å². The number of hydrogen-bond acceptors (Lipinski definition) is 5. The number of hydrogen-bond donors (Lipinski definition) is 2. The van der Waals surface area contributed by atoms with Crippen LogP contribution in [0.3, 0.4) is 0 Å². The lowest BCUT2D eigenvalue weighted by Crippen LogP contribution is -2.35. The number of benzene rings is 1. The van der Waals surface area contributed by atoms with E-state index in [0.717, 1.165) is 36.4 Å². The monoisotopic (exact) mass is 430 g/mol. The van der Waals surface area contributed by atoms with Crippen molar-refractivity contribution in [1.29, 1.82) is 0 Å². The van der Waals surface area contributed by atoms with Crippen molar-refractivity contribution in [3.05, 3.63) is 71.7 Å². The smallest absolute Gasteiger partial charge is 0.269 e. The fraction of sp³-hybridized carbons (Fsp3) is 0.240. The number of nitrogens with one attached hydrogen (secondary N) is 2. The molecule has 0 saturated heterocycles. The molecule has 4 rings (SSSR count). The molecule has 0 fully saturated rings. The van der Waals surface area contributed by atoms with Crippen molar-refractivity contribution >= 4 is 29.2 Å². The van der Waals surface area contributed by atoms with E-state index in [1.165, 1.54) is 0 Å². The molecular weight excluding hydrogens is 404 g/mol. The highest BCUT2D eigenvalue weighted by molar-refractivity contribution is 6.34. The van der Waals surface area contributed by atoms with Crippen molar-refractivity contribution < 1.29 is 14.0 Å². The molecule has 7 heteroatoms. The Hall–Kier alpha value is -3.71. The minimum absolute atomic E-state index is 0.151. The summed E-state index contributed by atoms with van der Waals surface area (Å²) < 4.78 is 5.91. The van der Waals surface area contributed by atoms with E-state index in [-0.39, 0.29) is 11.8 Å². The maximum absolute atomic E-state index is 12.3. The molecule has 0 radical (unpaired) electrons. The normalized spacial score (nSPS) is 14.0. The lowest BCUT2D eigenvalue weighted by molar-refractivity contribution is -0.110. The van der Waals surface area contributed by atoms with E-state index in [0.29, 0.717) is 29.3 Å². The second-order valence-electron chi connectivity index (χ2n) is 7.47. The number of rotatable bonds is 8. The molecule has 0 aliphatic carbocycles. The molecule has 2 N–H and O–H groups in total. The van der Waals surface area contributed by atoms with Crippen LogP contribution in [0, 0.1) is 0 Å². The minimum atomic E-state index is -0.195. The molecule has 0 saturated carbocycles. The van der Waals surface area contributed by atoms with Crippen LogP contribution in [0.15, 0.2) is 59.1 Å². The Morgan fingerprint density at radius 3 is 2.69 bits per heavy atom. The Labute approximate surface area is 187 Å². The fourth-order valence-electron chi connectivity index (χ4n) is 3.64. The van der Waals surface area contributed by atoms with Crippen LogP contribution in [0.5, 0.6) is 0 Å². The molecule has 2 aromatic heterocycles. The van der Waals surface area contributed by atoms with Crippen molar-refractivity contribution in [1.82, 2.24) is 15.2 Å². The van der Waals surface area contributed by atoms with Gasteiger partial charge in [-0.3, -0.25) is 14.6 Å². The molecule has 7 nitrogen and oxygen atoms in total. The SMILES string of the molecule is CCN(CC)CCNC(=O)c1ccc(-c2ccc(C=C3C(=O)Nc4ccccc43)o2)cn1. The zero-order chi connectivity index (χ0) is 22.5. The van der Waals surface area contributed by atoms with Crippen molar-refractivity contribution in [2.45, 2.75) is 13.8 Å². The molecule has 3 heterocycles. The summed E-state index contributed by atoms with van der Waals surface area (Å²) in [5, 5.41) is 5.75. The molecule has 0 atom stereocenters. The number of likely N-dealkylation sites (N-methyl/N-ethyl adjacent to an activating group) is 1. The first-order valence-corrected chi connectivity index (χ1v) is 10.8. The van der Waals surface area contributed by atoms with Crippen LogP contribution in [0.25, 0.3) is 23.0 Å². The molecule has 0 spiro atoms. The molecule has 1 aromatic carbocycles. The van der Waals surface area contributed by atoms with Gasteiger partial charge in [0.25, 0.3) is 11.8 Å². The predicted octanol–water partition coefficient (Wildman–Crippen LogP) is 3.91. The largest absolute Gasteiger partial charge is 0.457 e. The van der Waals surface area contributed by atoms with Gasteiger partial charge in [-0.1, -0.05) is 32.0 Å². The highest BCUT2D eigenvalue weighted by Crippen LogP contribution is 2.33. The molecule has 32 heavy (non-hydrogen) atoms. The van der Waals surface area contributed by atoms with Crippen molar-refractivity contribution in [2.75, 3.05) is 31.5 Å². The minimum Gasteiger partial charge on any atom is -0.457 e. The summed E-state index contributed by atoms with van der Waals surface area (Å²) in [6.07, 6.45) is 3.35. The van der Waals surface area contributed by atoms with Crippen LogP contribution < -0.4 is 10.6 Å². The van der Waals surface area contributed by atoms with Gasteiger partial charge >= 0.3 is 0 Å². The number of carbonyl (C=O) groups excluding carboxylic acids is 2. The maximum atomic E-state index is 12.3. The molecule has 164 valence electrons. The van der Waals surface area contributed by atoms with Crippen LogP contribution in [0.4, 0.5) is 5.69 Å². The van der Waals surface area contributed by atoms with Gasteiger partial charge in [-0.15, -0.1) is 0 Å². The second-order valence-corrected chi connectivity index (χ2v) is 7.47. The van der Waals surface area contributed by atoms with Crippen LogP contribution in [0.1, 0.15) is 35.7 Å². The lowest BCUT2D eigenvalue weighted by atomic mass is 10.1. The summed E-state index contributed by atoms with van der Waals surface area (Å²) in [5.41, 5.74) is 3.34. The highest BCUT2D eigenvalue weighted by Gasteiger charge is 2.23. The Morgan fingerprint density at radius 2 is 1.94 bits per heavy atom. The third-order valence-corrected chi connectivity index (χ3v) is 5.51. The molecule has 1 aliphatic heterocycles. The first-order valence-electron chi connectivity index (χ1n) is 10.8. The standard InChI is InChI=1S/C25H26N4O3/c1-3-29(4-2)14-13-26-25(31)22-11-9-17(16-27-22)23-12-10-18(32-23)15-20-19-7-5-6-8-21(19)28-24(20)30/h5-12,15-16H,3-4,13-14H2,1-2H3,(H,26,31)(H,28,30). The summed E-state index contributed by atoms with van der Waals surface area (Å²) in [6, 6.07) is 14.7. The Kier molecular flexibility index (Phi) is 6.47. The molecular formula is C25H26N4O3. The first kappa shape index (κ1) is 21.5. The quantitative estimate of drug-likeness (QED) is 0.529. The van der Waals surface area contributed by atoms with Gasteiger partial charge in [0.15, 0.2) is 0 Å². The summed E-state index contributed by atoms with van der Waals surface area (Å²) in [6.45, 7) is 7.50. The molecule has 3 aromatic rings. The number of anilines is 1. The van der Waals surface area contributed by atoms with Gasteiger partial charge in [-0.2, -0.15) is 0 Å². The zero-order valence-corrected chi connectivity index (χ0v) is 18.2. The van der Waals surface area contributed by atoms with Gasteiger partial charge in [-0.05, 0) is 49.5 Å². The van der Waals surface area contributed by atoms with Crippen molar-refractivity contribution in [2.24, 2.45) is 0 Å². The number of fused-ring (bicyclic) bond motifs is 1. The number of pyridine rings is 1. The third-order valence-electron chi connectivity index (χ3n) is 5.51. The van der Waals surface area contributed by atoms with Gasteiger partial charge < -0.3 is 20.0 Å². The van der Waals surface area contributed by atoms with E-state index < -0.39 is 0 Å². The van der Waals surface area contributed by atoms with E-state index in [1.54, 1.807) is 24.4 Å². The lowest BCUT2D eigenvalue weighted by Gasteiger charge is -2.17. The van der Waals surface area contributed by atoms with Gasteiger partial charge in [0.05, 0.1) is 5.57 Å². The average molecular weight is 431 g/mol. The summed E-state index contributed by atoms with van der Waals surface area (Å²) in [7, 11) is 0. The van der Waals surface area contributed by atoms with Gasteiger partial charge in [-0.25, -0.2) is 0 Å². The van der Waals surface area contributed by atoms with Gasteiger partial charge in [0, 0.05) is 36.1 Å². The number of carbonyl (C=O) groups is 2. The zero-order valence-electron chi connectivity index (χ0n) is 18.2. The second kappa shape index (κ2) is 9.62. The van der Waals surface area contributed by atoms with Crippen molar-refractivity contribution in [3.8, 4) is 11.3 Å². The molecule has 0 bridgehead atoms. The molecule has 2 amide bonds. The Balaban J connectivity index is 1.43. The van der Waals surface area contributed by atoms with E-state index in [4.69, 9.17) is 4.42 Å². The van der Waals surface area contributed by atoms with Crippen LogP contribution >= 0.6 is 0 Å². The van der Waals surface area contributed by atoms with Crippen LogP contribution in [-0.4, -0.2) is 47.9 Å². The number of para-hydroxylation sites is 1. The Bertz CT molecular complexity index is 1140. The van der Waals surface area contributed by atoms with E-state index in [1.807, 2.05) is 36.4 Å². The summed E-state index contributed by atoms with van der Waals surface area (Å²) >= 11 is 0.